The Bertz CT molecular complexity index is 1210. The summed E-state index contributed by atoms with van der Waals surface area (Å²) in [6.45, 7) is 12.0. The number of hydrogen-bond acceptors (Lipinski definition) is 8. The summed E-state index contributed by atoms with van der Waals surface area (Å²) >= 11 is 0. The third-order valence-corrected chi connectivity index (χ3v) is 7.55. The van der Waals surface area contributed by atoms with E-state index in [0.29, 0.717) is 17.5 Å². The van der Waals surface area contributed by atoms with Gasteiger partial charge in [-0.15, -0.1) is 0 Å². The average Bonchev–Trinajstić information content (AvgIpc) is 3.68. The number of hydrogen-bond donors (Lipinski definition) is 1. The topological polar surface area (TPSA) is 83.1 Å². The first-order chi connectivity index (χ1) is 17.2. The molecule has 2 aromatic heterocycles. The van der Waals surface area contributed by atoms with Crippen LogP contribution in [0, 0.1) is 5.92 Å². The molecule has 3 aliphatic rings. The van der Waals surface area contributed by atoms with Crippen molar-refractivity contribution in [2.75, 3.05) is 57.4 Å². The standard InChI is InChI=1S/C27H33N7O/c1-29-26-12-20(4-7-27(26)35-18-28)23-5-6-24-25(31-23)13-21(14-30-24)34-16-22(17-34)33-10-8-32(9-11-33)15-19-2-3-19/h4-7,12-14,19,22H,1-3,8-11,15-18,28H2. The van der Waals surface area contributed by atoms with Gasteiger partial charge in [0.1, 0.15) is 18.2 Å². The minimum Gasteiger partial charge on any atom is -0.476 e. The van der Waals surface area contributed by atoms with Crippen molar-refractivity contribution in [3.05, 3.63) is 42.6 Å². The fraction of sp³-hybridized carbons (Fsp3) is 0.444. The molecule has 1 saturated carbocycles. The van der Waals surface area contributed by atoms with Crippen molar-refractivity contribution < 1.29 is 4.74 Å². The van der Waals surface area contributed by atoms with Crippen molar-refractivity contribution in [3.8, 4) is 17.0 Å². The molecule has 8 heteroatoms. The van der Waals surface area contributed by atoms with Gasteiger partial charge in [0.2, 0.25) is 0 Å². The highest BCUT2D eigenvalue weighted by atomic mass is 16.5. The summed E-state index contributed by atoms with van der Waals surface area (Å²) in [6.07, 6.45) is 4.86. The Kier molecular flexibility index (Phi) is 6.10. The third kappa shape index (κ3) is 4.74. The van der Waals surface area contributed by atoms with E-state index >= 15 is 0 Å². The molecule has 0 unspecified atom stereocenters. The Morgan fingerprint density at radius 2 is 1.86 bits per heavy atom. The molecular formula is C27H33N7O. The highest BCUT2D eigenvalue weighted by Crippen LogP contribution is 2.33. The van der Waals surface area contributed by atoms with Gasteiger partial charge in [0, 0.05) is 57.4 Å². The molecule has 4 heterocycles. The van der Waals surface area contributed by atoms with Crippen LogP contribution in [0.4, 0.5) is 11.4 Å². The van der Waals surface area contributed by atoms with Gasteiger partial charge < -0.3 is 14.5 Å². The van der Waals surface area contributed by atoms with Gasteiger partial charge in [-0.05, 0) is 61.9 Å². The molecule has 3 fully saturated rings. The van der Waals surface area contributed by atoms with Crippen molar-refractivity contribution in [3.63, 3.8) is 0 Å². The molecule has 0 bridgehead atoms. The first-order valence-corrected chi connectivity index (χ1v) is 12.6. The minimum absolute atomic E-state index is 0.0958. The van der Waals surface area contributed by atoms with Crippen LogP contribution < -0.4 is 15.4 Å². The minimum atomic E-state index is 0.0958. The highest BCUT2D eigenvalue weighted by molar-refractivity contribution is 5.82. The van der Waals surface area contributed by atoms with Crippen LogP contribution in [0.5, 0.6) is 5.75 Å². The zero-order valence-corrected chi connectivity index (χ0v) is 20.1. The molecule has 0 radical (unpaired) electrons. The van der Waals surface area contributed by atoms with Crippen molar-refractivity contribution >= 4 is 29.1 Å². The summed E-state index contributed by atoms with van der Waals surface area (Å²) in [5.74, 6) is 1.60. The van der Waals surface area contributed by atoms with E-state index in [1.807, 2.05) is 36.5 Å². The van der Waals surface area contributed by atoms with Gasteiger partial charge in [0.05, 0.1) is 28.6 Å². The molecule has 2 saturated heterocycles. The van der Waals surface area contributed by atoms with E-state index in [2.05, 4.69) is 37.5 Å². The van der Waals surface area contributed by atoms with Crippen LogP contribution in [-0.4, -0.2) is 85.1 Å². The Morgan fingerprint density at radius 3 is 2.60 bits per heavy atom. The van der Waals surface area contributed by atoms with Crippen molar-refractivity contribution in [1.82, 2.24) is 19.8 Å². The van der Waals surface area contributed by atoms with E-state index in [4.69, 9.17) is 15.5 Å². The number of benzene rings is 1. The number of nitrogens with zero attached hydrogens (tertiary/aromatic N) is 6. The number of pyridine rings is 2. The number of fused-ring (bicyclic) bond motifs is 1. The average molecular weight is 472 g/mol. The van der Waals surface area contributed by atoms with Crippen LogP contribution in [0.3, 0.4) is 0 Å². The van der Waals surface area contributed by atoms with Gasteiger partial charge in [-0.2, -0.15) is 0 Å². The summed E-state index contributed by atoms with van der Waals surface area (Å²) in [5.41, 5.74) is 10.9. The number of piperazine rings is 1. The first-order valence-electron chi connectivity index (χ1n) is 12.6. The lowest BCUT2D eigenvalue weighted by molar-refractivity contribution is 0.0809. The molecule has 35 heavy (non-hydrogen) atoms. The maximum absolute atomic E-state index is 5.51. The van der Waals surface area contributed by atoms with Gasteiger partial charge in [0.15, 0.2) is 0 Å². The van der Waals surface area contributed by atoms with Gasteiger partial charge in [-0.25, -0.2) is 4.98 Å². The van der Waals surface area contributed by atoms with Crippen LogP contribution in [0.25, 0.3) is 22.3 Å². The second kappa shape index (κ2) is 9.53. The number of aliphatic imine (C=N–C) groups is 1. The van der Waals surface area contributed by atoms with E-state index in [1.165, 1.54) is 45.6 Å². The van der Waals surface area contributed by atoms with Crippen molar-refractivity contribution in [2.45, 2.75) is 18.9 Å². The maximum Gasteiger partial charge on any atom is 0.146 e. The Balaban J connectivity index is 1.13. The fourth-order valence-electron chi connectivity index (χ4n) is 5.22. The fourth-order valence-corrected chi connectivity index (χ4v) is 5.22. The largest absolute Gasteiger partial charge is 0.476 e. The molecule has 2 aliphatic heterocycles. The van der Waals surface area contributed by atoms with Crippen molar-refractivity contribution in [1.29, 1.82) is 0 Å². The molecule has 3 aromatic rings. The maximum atomic E-state index is 5.51. The Hall–Kier alpha value is -3.07. The van der Waals surface area contributed by atoms with Crippen LogP contribution in [0.1, 0.15) is 12.8 Å². The number of rotatable bonds is 8. The molecule has 182 valence electrons. The highest BCUT2D eigenvalue weighted by Gasteiger charge is 2.34. The normalized spacial score (nSPS) is 19.6. The number of aromatic nitrogens is 2. The van der Waals surface area contributed by atoms with E-state index < -0.39 is 0 Å². The predicted molar refractivity (Wildman–Crippen MR) is 141 cm³/mol. The molecule has 2 N–H and O–H groups in total. The second-order valence-corrected chi connectivity index (χ2v) is 9.92. The molecule has 6 rings (SSSR count). The van der Waals surface area contributed by atoms with Crippen LogP contribution in [-0.2, 0) is 0 Å². The summed E-state index contributed by atoms with van der Waals surface area (Å²) in [6, 6.07) is 12.6. The lowest BCUT2D eigenvalue weighted by atomic mass is 10.0. The molecule has 0 atom stereocenters. The SMILES string of the molecule is C=Nc1cc(-c2ccc3ncc(N4CC(N5CCN(CC6CC6)CC5)C4)cc3n2)ccc1OCN. The molecule has 0 amide bonds. The summed E-state index contributed by atoms with van der Waals surface area (Å²) in [4.78, 5) is 21.4. The quantitative estimate of drug-likeness (QED) is 0.399. The number of ether oxygens (including phenoxy) is 1. The summed E-state index contributed by atoms with van der Waals surface area (Å²) < 4.78 is 5.43. The van der Waals surface area contributed by atoms with Crippen LogP contribution in [0.15, 0.2) is 47.6 Å². The van der Waals surface area contributed by atoms with E-state index in [9.17, 15) is 0 Å². The van der Waals surface area contributed by atoms with E-state index in [0.717, 1.165) is 47.0 Å². The third-order valence-electron chi connectivity index (χ3n) is 7.55. The Morgan fingerprint density at radius 1 is 1.03 bits per heavy atom. The lowest BCUT2D eigenvalue weighted by Gasteiger charge is -2.49. The first kappa shape index (κ1) is 22.4. The Labute approximate surface area is 206 Å². The molecule has 8 nitrogen and oxygen atoms in total. The van der Waals surface area contributed by atoms with Crippen LogP contribution in [0.2, 0.25) is 0 Å². The molecular weight excluding hydrogens is 438 g/mol. The predicted octanol–water partition coefficient (Wildman–Crippen LogP) is 3.14. The monoisotopic (exact) mass is 471 g/mol. The van der Waals surface area contributed by atoms with Crippen molar-refractivity contribution in [2.24, 2.45) is 16.6 Å². The molecule has 0 spiro atoms. The van der Waals surface area contributed by atoms with E-state index in [-0.39, 0.29) is 6.73 Å². The second-order valence-electron chi connectivity index (χ2n) is 9.92. The van der Waals surface area contributed by atoms with Gasteiger partial charge in [-0.1, -0.05) is 0 Å². The van der Waals surface area contributed by atoms with Gasteiger partial charge in [0.25, 0.3) is 0 Å². The smallest absolute Gasteiger partial charge is 0.146 e. The zero-order valence-electron chi connectivity index (χ0n) is 20.1. The summed E-state index contributed by atoms with van der Waals surface area (Å²) in [7, 11) is 0. The number of anilines is 1. The zero-order chi connectivity index (χ0) is 23.8. The van der Waals surface area contributed by atoms with Gasteiger partial charge >= 0.3 is 0 Å². The number of nitrogens with two attached hydrogens (primary N) is 1. The van der Waals surface area contributed by atoms with E-state index in [1.54, 1.807) is 0 Å². The van der Waals surface area contributed by atoms with Crippen LogP contribution >= 0.6 is 0 Å². The lowest BCUT2D eigenvalue weighted by Crippen LogP contribution is -2.63. The summed E-state index contributed by atoms with van der Waals surface area (Å²) in [5, 5.41) is 0. The molecule has 1 aromatic carbocycles. The van der Waals surface area contributed by atoms with Gasteiger partial charge in [-0.3, -0.25) is 20.6 Å². The molecule has 1 aliphatic carbocycles.